The highest BCUT2D eigenvalue weighted by Gasteiger charge is 2.06. The van der Waals surface area contributed by atoms with E-state index in [1.165, 1.54) is 6.33 Å². The third-order valence-electron chi connectivity index (χ3n) is 2.15. The topological polar surface area (TPSA) is 37.8 Å². The lowest BCUT2D eigenvalue weighted by Crippen LogP contribution is -1.98. The normalized spacial score (nSPS) is 10.2. The Morgan fingerprint density at radius 3 is 2.62 bits per heavy atom. The lowest BCUT2D eigenvalue weighted by Gasteiger charge is -2.09. The molecule has 1 aromatic heterocycles. The molecule has 82 valence electrons. The van der Waals surface area contributed by atoms with Gasteiger partial charge in [-0.2, -0.15) is 0 Å². The standard InChI is InChI=1S/C11H9Cl2N3/c1-7-10(13)14-6-15-11(7)16-9-5-3-2-4-8(9)12/h2-6H,1H3,(H,14,15,16). The van der Waals surface area contributed by atoms with Gasteiger partial charge < -0.3 is 5.32 Å². The number of halogens is 2. The number of benzene rings is 1. The Balaban J connectivity index is 2.35. The number of hydrogen-bond donors (Lipinski definition) is 1. The molecule has 1 N–H and O–H groups in total. The van der Waals surface area contributed by atoms with Crippen LogP contribution in [-0.2, 0) is 0 Å². The Kier molecular flexibility index (Phi) is 3.27. The molecular formula is C11H9Cl2N3. The third kappa shape index (κ3) is 2.26. The van der Waals surface area contributed by atoms with E-state index in [-0.39, 0.29) is 0 Å². The highest BCUT2D eigenvalue weighted by Crippen LogP contribution is 2.26. The molecular weight excluding hydrogens is 245 g/mol. The minimum Gasteiger partial charge on any atom is -0.339 e. The average Bonchev–Trinajstić information content (AvgIpc) is 2.28. The molecule has 0 aliphatic rings. The molecule has 0 bridgehead atoms. The monoisotopic (exact) mass is 253 g/mol. The second-order valence-electron chi connectivity index (χ2n) is 3.24. The summed E-state index contributed by atoms with van der Waals surface area (Å²) >= 11 is 11.9. The highest BCUT2D eigenvalue weighted by molar-refractivity contribution is 6.33. The molecule has 2 aromatic rings. The average molecular weight is 254 g/mol. The Hall–Kier alpha value is -1.32. The summed E-state index contributed by atoms with van der Waals surface area (Å²) in [5.41, 5.74) is 1.59. The summed E-state index contributed by atoms with van der Waals surface area (Å²) in [5.74, 6) is 0.660. The second-order valence-corrected chi connectivity index (χ2v) is 4.01. The first-order chi connectivity index (χ1) is 7.68. The van der Waals surface area contributed by atoms with Gasteiger partial charge in [-0.3, -0.25) is 0 Å². The Bertz CT molecular complexity index is 514. The van der Waals surface area contributed by atoms with Gasteiger partial charge in [0.25, 0.3) is 0 Å². The maximum atomic E-state index is 6.03. The van der Waals surface area contributed by atoms with Gasteiger partial charge in [0.2, 0.25) is 0 Å². The lowest BCUT2D eigenvalue weighted by atomic mass is 10.3. The number of anilines is 2. The van der Waals surface area contributed by atoms with Crippen molar-refractivity contribution in [2.75, 3.05) is 5.32 Å². The fourth-order valence-corrected chi connectivity index (χ4v) is 1.56. The van der Waals surface area contributed by atoms with Crippen LogP contribution in [0, 0.1) is 6.92 Å². The van der Waals surface area contributed by atoms with E-state index in [2.05, 4.69) is 15.3 Å². The van der Waals surface area contributed by atoms with Gasteiger partial charge >= 0.3 is 0 Å². The predicted octanol–water partition coefficient (Wildman–Crippen LogP) is 3.84. The van der Waals surface area contributed by atoms with E-state index in [9.17, 15) is 0 Å². The van der Waals surface area contributed by atoms with Crippen molar-refractivity contribution in [3.8, 4) is 0 Å². The molecule has 0 aliphatic carbocycles. The molecule has 0 fully saturated rings. The van der Waals surface area contributed by atoms with Crippen LogP contribution in [0.25, 0.3) is 0 Å². The maximum absolute atomic E-state index is 6.03. The summed E-state index contributed by atoms with van der Waals surface area (Å²) in [7, 11) is 0. The lowest BCUT2D eigenvalue weighted by molar-refractivity contribution is 1.13. The van der Waals surface area contributed by atoms with Crippen LogP contribution in [0.15, 0.2) is 30.6 Å². The minimum atomic E-state index is 0.435. The van der Waals surface area contributed by atoms with Crippen molar-refractivity contribution in [3.63, 3.8) is 0 Å². The number of nitrogens with one attached hydrogen (secondary N) is 1. The van der Waals surface area contributed by atoms with Crippen molar-refractivity contribution in [1.82, 2.24) is 9.97 Å². The number of nitrogens with zero attached hydrogens (tertiary/aromatic N) is 2. The third-order valence-corrected chi connectivity index (χ3v) is 2.86. The van der Waals surface area contributed by atoms with Crippen LogP contribution < -0.4 is 5.32 Å². The van der Waals surface area contributed by atoms with E-state index in [4.69, 9.17) is 23.2 Å². The largest absolute Gasteiger partial charge is 0.339 e. The van der Waals surface area contributed by atoms with Crippen LogP contribution in [-0.4, -0.2) is 9.97 Å². The summed E-state index contributed by atoms with van der Waals surface area (Å²) in [6, 6.07) is 7.44. The molecule has 5 heteroatoms. The van der Waals surface area contributed by atoms with Crippen molar-refractivity contribution in [2.24, 2.45) is 0 Å². The Morgan fingerprint density at radius 2 is 1.88 bits per heavy atom. The zero-order chi connectivity index (χ0) is 11.5. The first-order valence-electron chi connectivity index (χ1n) is 4.67. The molecule has 0 unspecified atom stereocenters. The minimum absolute atomic E-state index is 0.435. The Morgan fingerprint density at radius 1 is 1.12 bits per heavy atom. The van der Waals surface area contributed by atoms with Crippen LogP contribution in [0.5, 0.6) is 0 Å². The van der Waals surface area contributed by atoms with Gasteiger partial charge in [-0.15, -0.1) is 0 Å². The molecule has 1 heterocycles. The van der Waals surface area contributed by atoms with E-state index in [1.54, 1.807) is 0 Å². The maximum Gasteiger partial charge on any atom is 0.138 e. The van der Waals surface area contributed by atoms with Crippen LogP contribution >= 0.6 is 23.2 Å². The highest BCUT2D eigenvalue weighted by atomic mass is 35.5. The summed E-state index contributed by atoms with van der Waals surface area (Å²) < 4.78 is 0. The quantitative estimate of drug-likeness (QED) is 0.827. The van der Waals surface area contributed by atoms with E-state index >= 15 is 0 Å². The molecule has 0 atom stereocenters. The molecule has 16 heavy (non-hydrogen) atoms. The summed E-state index contributed by atoms with van der Waals surface area (Å²) in [6.07, 6.45) is 1.41. The smallest absolute Gasteiger partial charge is 0.138 e. The van der Waals surface area contributed by atoms with Crippen LogP contribution in [0.3, 0.4) is 0 Å². The van der Waals surface area contributed by atoms with Crippen LogP contribution in [0.4, 0.5) is 11.5 Å². The number of rotatable bonds is 2. The molecule has 0 radical (unpaired) electrons. The molecule has 0 spiro atoms. The zero-order valence-corrected chi connectivity index (χ0v) is 10.0. The molecule has 2 rings (SSSR count). The first-order valence-corrected chi connectivity index (χ1v) is 5.42. The molecule has 0 amide bonds. The van der Waals surface area contributed by atoms with Gasteiger partial charge in [-0.05, 0) is 19.1 Å². The molecule has 0 saturated heterocycles. The fraction of sp³-hybridized carbons (Fsp3) is 0.0909. The van der Waals surface area contributed by atoms with E-state index in [1.807, 2.05) is 31.2 Å². The van der Waals surface area contributed by atoms with E-state index in [0.717, 1.165) is 11.3 Å². The van der Waals surface area contributed by atoms with Crippen molar-refractivity contribution in [3.05, 3.63) is 46.3 Å². The van der Waals surface area contributed by atoms with Gasteiger partial charge in [0.15, 0.2) is 0 Å². The SMILES string of the molecule is Cc1c(Cl)ncnc1Nc1ccccc1Cl. The summed E-state index contributed by atoms with van der Waals surface area (Å²) in [5, 5.41) is 4.18. The summed E-state index contributed by atoms with van der Waals surface area (Å²) in [4.78, 5) is 7.99. The molecule has 3 nitrogen and oxygen atoms in total. The van der Waals surface area contributed by atoms with Gasteiger partial charge in [-0.25, -0.2) is 9.97 Å². The van der Waals surface area contributed by atoms with Crippen molar-refractivity contribution >= 4 is 34.7 Å². The van der Waals surface area contributed by atoms with Gasteiger partial charge in [0.05, 0.1) is 10.7 Å². The van der Waals surface area contributed by atoms with Gasteiger partial charge in [0.1, 0.15) is 17.3 Å². The van der Waals surface area contributed by atoms with Gasteiger partial charge in [0, 0.05) is 5.56 Å². The number of aromatic nitrogens is 2. The predicted molar refractivity (Wildman–Crippen MR) is 66.5 cm³/mol. The number of para-hydroxylation sites is 1. The first kappa shape index (κ1) is 11.2. The zero-order valence-electron chi connectivity index (χ0n) is 8.54. The molecule has 0 saturated carbocycles. The van der Waals surface area contributed by atoms with Crippen LogP contribution in [0.1, 0.15) is 5.56 Å². The fourth-order valence-electron chi connectivity index (χ4n) is 1.24. The van der Waals surface area contributed by atoms with Crippen molar-refractivity contribution in [2.45, 2.75) is 6.92 Å². The molecule has 1 aromatic carbocycles. The van der Waals surface area contributed by atoms with Crippen LogP contribution in [0.2, 0.25) is 10.2 Å². The van der Waals surface area contributed by atoms with Crippen molar-refractivity contribution in [1.29, 1.82) is 0 Å². The van der Waals surface area contributed by atoms with E-state index < -0.39 is 0 Å². The number of hydrogen-bond acceptors (Lipinski definition) is 3. The second kappa shape index (κ2) is 4.68. The molecule has 0 aliphatic heterocycles. The van der Waals surface area contributed by atoms with E-state index in [0.29, 0.717) is 16.0 Å². The van der Waals surface area contributed by atoms with Crippen molar-refractivity contribution < 1.29 is 0 Å². The Labute approximate surface area is 103 Å². The van der Waals surface area contributed by atoms with Gasteiger partial charge in [-0.1, -0.05) is 35.3 Å². The summed E-state index contributed by atoms with van der Waals surface area (Å²) in [6.45, 7) is 1.85.